The van der Waals surface area contributed by atoms with E-state index in [2.05, 4.69) is 15.3 Å². The van der Waals surface area contributed by atoms with Gasteiger partial charge in [0, 0.05) is 12.3 Å². The molecule has 0 saturated heterocycles. The van der Waals surface area contributed by atoms with E-state index in [4.69, 9.17) is 5.11 Å². The van der Waals surface area contributed by atoms with Crippen LogP contribution in [0.2, 0.25) is 0 Å². The second-order valence-corrected chi connectivity index (χ2v) is 4.11. The minimum atomic E-state index is -1.50. The van der Waals surface area contributed by atoms with Crippen molar-refractivity contribution in [2.24, 2.45) is 0 Å². The van der Waals surface area contributed by atoms with Gasteiger partial charge in [-0.05, 0) is 13.0 Å². The van der Waals surface area contributed by atoms with Crippen LogP contribution in [0.3, 0.4) is 0 Å². The maximum Gasteiger partial charge on any atom is 0.337 e. The van der Waals surface area contributed by atoms with E-state index in [0.29, 0.717) is 17.8 Å². The van der Waals surface area contributed by atoms with E-state index in [1.807, 2.05) is 0 Å². The molecule has 0 aliphatic rings. The number of aryl methyl sites for hydroxylation is 1. The third-order valence-corrected chi connectivity index (χ3v) is 2.55. The van der Waals surface area contributed by atoms with Gasteiger partial charge in [0.25, 0.3) is 5.91 Å². The third-order valence-electron chi connectivity index (χ3n) is 2.55. The lowest BCUT2D eigenvalue weighted by Gasteiger charge is -2.08. The molecule has 108 valence electrons. The van der Waals surface area contributed by atoms with Gasteiger partial charge in [-0.2, -0.15) is 0 Å². The highest BCUT2D eigenvalue weighted by Crippen LogP contribution is 2.20. The van der Waals surface area contributed by atoms with Crippen LogP contribution in [0.15, 0.2) is 24.5 Å². The zero-order valence-corrected chi connectivity index (χ0v) is 10.7. The molecule has 1 aromatic heterocycles. The minimum absolute atomic E-state index is 0.0818. The number of rotatable bonds is 3. The van der Waals surface area contributed by atoms with Gasteiger partial charge >= 0.3 is 5.97 Å². The number of nitrogens with one attached hydrogen (secondary N) is 1. The Hall–Kier alpha value is -2.90. The van der Waals surface area contributed by atoms with Gasteiger partial charge in [0.05, 0.1) is 23.1 Å². The van der Waals surface area contributed by atoms with Crippen molar-refractivity contribution in [3.63, 3.8) is 0 Å². The van der Waals surface area contributed by atoms with Crippen LogP contribution in [0.5, 0.6) is 0 Å². The van der Waals surface area contributed by atoms with E-state index >= 15 is 0 Å². The first-order chi connectivity index (χ1) is 9.88. The molecule has 0 fully saturated rings. The second kappa shape index (κ2) is 5.61. The maximum absolute atomic E-state index is 13.2. The van der Waals surface area contributed by atoms with Gasteiger partial charge in [-0.3, -0.25) is 9.78 Å². The van der Waals surface area contributed by atoms with Crippen molar-refractivity contribution in [2.45, 2.75) is 6.92 Å². The molecule has 0 aliphatic heterocycles. The molecular formula is C13H9F2N3O3. The number of nitrogens with zero attached hydrogens (tertiary/aromatic N) is 2. The fraction of sp³-hybridized carbons (Fsp3) is 0.0769. The number of anilines is 1. The smallest absolute Gasteiger partial charge is 0.337 e. The molecule has 1 heterocycles. The number of halogens is 2. The standard InChI is InChI=1S/C13H9F2N3O3/c1-6-4-17-11(5-16-6)12(19)18-10-3-9(15)8(14)2-7(10)13(20)21/h2-5H,1H3,(H,18,19)(H,20,21). The molecule has 0 spiro atoms. The van der Waals surface area contributed by atoms with Gasteiger partial charge in [0.1, 0.15) is 5.69 Å². The molecule has 21 heavy (non-hydrogen) atoms. The zero-order valence-electron chi connectivity index (χ0n) is 10.7. The van der Waals surface area contributed by atoms with Gasteiger partial charge in [0.15, 0.2) is 11.6 Å². The first-order valence-corrected chi connectivity index (χ1v) is 5.71. The Balaban J connectivity index is 2.34. The number of hydrogen-bond acceptors (Lipinski definition) is 4. The molecule has 6 nitrogen and oxygen atoms in total. The molecule has 0 atom stereocenters. The monoisotopic (exact) mass is 293 g/mol. The van der Waals surface area contributed by atoms with Crippen LogP contribution in [-0.2, 0) is 0 Å². The van der Waals surface area contributed by atoms with Crippen molar-refractivity contribution in [3.8, 4) is 0 Å². The molecule has 0 aliphatic carbocycles. The van der Waals surface area contributed by atoms with Crippen molar-refractivity contribution in [3.05, 3.63) is 53.1 Å². The first kappa shape index (κ1) is 14.5. The Morgan fingerprint density at radius 3 is 2.38 bits per heavy atom. The summed E-state index contributed by atoms with van der Waals surface area (Å²) in [4.78, 5) is 30.5. The summed E-state index contributed by atoms with van der Waals surface area (Å²) in [6.07, 6.45) is 2.53. The Morgan fingerprint density at radius 1 is 1.14 bits per heavy atom. The van der Waals surface area contributed by atoms with Crippen LogP contribution in [0, 0.1) is 18.6 Å². The summed E-state index contributed by atoms with van der Waals surface area (Å²) in [5.74, 6) is -4.87. The Morgan fingerprint density at radius 2 is 1.81 bits per heavy atom. The first-order valence-electron chi connectivity index (χ1n) is 5.71. The molecule has 2 aromatic rings. The van der Waals surface area contributed by atoms with Gasteiger partial charge in [-0.25, -0.2) is 18.6 Å². The van der Waals surface area contributed by atoms with Gasteiger partial charge < -0.3 is 10.4 Å². The van der Waals surface area contributed by atoms with E-state index in [0.717, 1.165) is 0 Å². The van der Waals surface area contributed by atoms with Crippen molar-refractivity contribution in [1.82, 2.24) is 9.97 Å². The van der Waals surface area contributed by atoms with Crippen LogP contribution >= 0.6 is 0 Å². The fourth-order valence-electron chi connectivity index (χ4n) is 1.52. The molecule has 1 aromatic carbocycles. The predicted octanol–water partition coefficient (Wildman–Crippen LogP) is 2.01. The highest BCUT2D eigenvalue weighted by atomic mass is 19.2. The van der Waals surface area contributed by atoms with Crippen molar-refractivity contribution in [1.29, 1.82) is 0 Å². The van der Waals surface area contributed by atoms with Gasteiger partial charge in [-0.1, -0.05) is 0 Å². The number of amides is 1. The maximum atomic E-state index is 13.2. The van der Waals surface area contributed by atoms with Crippen LogP contribution in [0.25, 0.3) is 0 Å². The molecule has 0 saturated carbocycles. The quantitative estimate of drug-likeness (QED) is 0.903. The molecule has 2 N–H and O–H groups in total. The van der Waals surface area contributed by atoms with Crippen LogP contribution in [0.4, 0.5) is 14.5 Å². The fourth-order valence-corrected chi connectivity index (χ4v) is 1.52. The van der Waals surface area contributed by atoms with E-state index in [1.165, 1.54) is 12.4 Å². The Labute approximate surface area is 117 Å². The summed E-state index contributed by atoms with van der Waals surface area (Å²) in [6, 6.07) is 1.09. The lowest BCUT2D eigenvalue weighted by Crippen LogP contribution is -2.17. The average Bonchev–Trinajstić information content (AvgIpc) is 2.43. The summed E-state index contributed by atoms with van der Waals surface area (Å²) in [6.45, 7) is 1.67. The van der Waals surface area contributed by atoms with Crippen LogP contribution < -0.4 is 5.32 Å². The Kier molecular flexibility index (Phi) is 3.88. The molecule has 0 unspecified atom stereocenters. The number of carboxylic acid groups (broad SMARTS) is 1. The topological polar surface area (TPSA) is 92.2 Å². The number of carboxylic acids is 1. The number of aromatic nitrogens is 2. The number of aromatic carboxylic acids is 1. The summed E-state index contributed by atoms with van der Waals surface area (Å²) < 4.78 is 26.2. The van der Waals surface area contributed by atoms with E-state index < -0.39 is 29.1 Å². The van der Waals surface area contributed by atoms with E-state index in [-0.39, 0.29) is 11.4 Å². The van der Waals surface area contributed by atoms with Crippen molar-refractivity contribution in [2.75, 3.05) is 5.32 Å². The molecule has 2 rings (SSSR count). The van der Waals surface area contributed by atoms with Crippen LogP contribution in [0.1, 0.15) is 26.5 Å². The summed E-state index contributed by atoms with van der Waals surface area (Å²) in [5.41, 5.74) is -0.427. The number of hydrogen-bond donors (Lipinski definition) is 2. The zero-order chi connectivity index (χ0) is 15.6. The SMILES string of the molecule is Cc1cnc(C(=O)Nc2cc(F)c(F)cc2C(=O)O)cn1. The molecule has 8 heteroatoms. The third kappa shape index (κ3) is 3.16. The van der Waals surface area contributed by atoms with E-state index in [1.54, 1.807) is 6.92 Å². The lowest BCUT2D eigenvalue weighted by molar-refractivity contribution is 0.0697. The minimum Gasteiger partial charge on any atom is -0.478 e. The highest BCUT2D eigenvalue weighted by Gasteiger charge is 2.18. The number of carbonyl (C=O) groups excluding carboxylic acids is 1. The summed E-state index contributed by atoms with van der Waals surface area (Å²) in [5, 5.41) is 11.1. The summed E-state index contributed by atoms with van der Waals surface area (Å²) in [7, 11) is 0. The second-order valence-electron chi connectivity index (χ2n) is 4.11. The largest absolute Gasteiger partial charge is 0.478 e. The lowest BCUT2D eigenvalue weighted by atomic mass is 10.1. The normalized spacial score (nSPS) is 10.2. The summed E-state index contributed by atoms with van der Waals surface area (Å²) >= 11 is 0. The van der Waals surface area contributed by atoms with Crippen LogP contribution in [-0.4, -0.2) is 27.0 Å². The van der Waals surface area contributed by atoms with E-state index in [9.17, 15) is 18.4 Å². The molecule has 0 bridgehead atoms. The Bertz CT molecular complexity index is 717. The molecule has 1 amide bonds. The van der Waals surface area contributed by atoms with Gasteiger partial charge in [-0.15, -0.1) is 0 Å². The van der Waals surface area contributed by atoms with Crippen molar-refractivity contribution >= 4 is 17.6 Å². The molecular weight excluding hydrogens is 284 g/mol. The average molecular weight is 293 g/mol. The van der Waals surface area contributed by atoms with Gasteiger partial charge in [0.2, 0.25) is 0 Å². The van der Waals surface area contributed by atoms with Crippen molar-refractivity contribution < 1.29 is 23.5 Å². The molecule has 0 radical (unpaired) electrons. The highest BCUT2D eigenvalue weighted by molar-refractivity contribution is 6.06. The number of carbonyl (C=O) groups is 2. The number of benzene rings is 1. The predicted molar refractivity (Wildman–Crippen MR) is 68.0 cm³/mol.